The Labute approximate surface area is 103 Å². The minimum Gasteiger partial charge on any atom is -0.380 e. The van der Waals surface area contributed by atoms with Gasteiger partial charge in [-0.05, 0) is 55.5 Å². The molecular weight excluding hydrogens is 212 g/mol. The smallest absolute Gasteiger partial charge is 0.136 e. The topological polar surface area (TPSA) is 44.6 Å². The molecule has 1 atom stereocenters. The Kier molecular flexibility index (Phi) is 3.20. The molecule has 0 saturated heterocycles. The molecule has 0 saturated carbocycles. The van der Waals surface area contributed by atoms with E-state index in [2.05, 4.69) is 44.1 Å². The fourth-order valence-electron chi connectivity index (χ4n) is 2.39. The highest BCUT2D eigenvalue weighted by atomic mass is 16.3. The first-order chi connectivity index (χ1) is 8.02. The summed E-state index contributed by atoms with van der Waals surface area (Å²) < 4.78 is 0. The summed E-state index contributed by atoms with van der Waals surface area (Å²) in [6.45, 7) is 9.89. The van der Waals surface area contributed by atoms with Gasteiger partial charge in [0.25, 0.3) is 0 Å². The number of rotatable bonds is 2. The molecule has 3 nitrogen and oxygen atoms in total. The Bertz CT molecular complexity index is 451. The van der Waals surface area contributed by atoms with Crippen molar-refractivity contribution in [1.29, 1.82) is 0 Å². The van der Waals surface area contributed by atoms with Gasteiger partial charge < -0.3 is 10.4 Å². The van der Waals surface area contributed by atoms with Gasteiger partial charge in [-0.15, -0.1) is 0 Å². The van der Waals surface area contributed by atoms with Crippen LogP contribution in [-0.2, 0) is 0 Å². The van der Waals surface area contributed by atoms with E-state index in [1.165, 1.54) is 11.1 Å². The highest BCUT2D eigenvalue weighted by molar-refractivity contribution is 5.89. The maximum absolute atomic E-state index is 10.4. The van der Waals surface area contributed by atoms with Crippen molar-refractivity contribution in [2.24, 2.45) is 4.99 Å². The second-order valence-electron chi connectivity index (χ2n) is 4.77. The van der Waals surface area contributed by atoms with Crippen molar-refractivity contribution in [3.8, 4) is 0 Å². The maximum Gasteiger partial charge on any atom is 0.136 e. The zero-order chi connectivity index (χ0) is 12.6. The number of aliphatic hydroxyl groups excluding tert-OH is 1. The van der Waals surface area contributed by atoms with Gasteiger partial charge in [0.1, 0.15) is 11.9 Å². The second kappa shape index (κ2) is 4.49. The molecule has 1 aliphatic rings. The van der Waals surface area contributed by atoms with Gasteiger partial charge >= 0.3 is 0 Å². The summed E-state index contributed by atoms with van der Waals surface area (Å²) in [4.78, 5) is 4.31. The van der Waals surface area contributed by atoms with Crippen molar-refractivity contribution in [3.63, 3.8) is 0 Å². The number of nitrogens with zero attached hydrogens (tertiary/aromatic N) is 1. The van der Waals surface area contributed by atoms with E-state index in [1.54, 1.807) is 0 Å². The molecule has 1 heterocycles. The van der Waals surface area contributed by atoms with Crippen molar-refractivity contribution < 1.29 is 5.11 Å². The summed E-state index contributed by atoms with van der Waals surface area (Å²) in [6.07, 6.45) is -0.615. The number of aliphatic imine (C=N–C) groups is 1. The van der Waals surface area contributed by atoms with Crippen LogP contribution in [-0.4, -0.2) is 24.0 Å². The van der Waals surface area contributed by atoms with Crippen molar-refractivity contribution in [3.05, 3.63) is 33.9 Å². The van der Waals surface area contributed by atoms with Crippen LogP contribution in [0.1, 0.15) is 33.9 Å². The minimum atomic E-state index is -0.615. The molecular formula is C14H20N2O. The molecule has 0 radical (unpaired) electrons. The van der Waals surface area contributed by atoms with Gasteiger partial charge in [0.15, 0.2) is 0 Å². The first kappa shape index (κ1) is 12.1. The predicted octanol–water partition coefficient (Wildman–Crippen LogP) is 1.96. The van der Waals surface area contributed by atoms with Crippen molar-refractivity contribution in [2.75, 3.05) is 13.1 Å². The minimum absolute atomic E-state index is 0.615. The van der Waals surface area contributed by atoms with E-state index in [9.17, 15) is 5.11 Å². The first-order valence-electron chi connectivity index (χ1n) is 6.06. The highest BCUT2D eigenvalue weighted by Gasteiger charge is 2.22. The first-order valence-corrected chi connectivity index (χ1v) is 6.06. The molecule has 3 heteroatoms. The van der Waals surface area contributed by atoms with Gasteiger partial charge in [-0.25, -0.2) is 0 Å². The van der Waals surface area contributed by atoms with Crippen LogP contribution in [0.25, 0.3) is 0 Å². The average Bonchev–Trinajstić information content (AvgIpc) is 2.80. The average molecular weight is 232 g/mol. The van der Waals surface area contributed by atoms with E-state index in [0.717, 1.165) is 29.8 Å². The van der Waals surface area contributed by atoms with E-state index >= 15 is 0 Å². The van der Waals surface area contributed by atoms with E-state index in [-0.39, 0.29) is 0 Å². The number of hydrogen-bond acceptors (Lipinski definition) is 3. The lowest BCUT2D eigenvalue weighted by molar-refractivity contribution is 0.242. The lowest BCUT2D eigenvalue weighted by atomic mass is 9.90. The lowest BCUT2D eigenvalue weighted by Crippen LogP contribution is -2.26. The van der Waals surface area contributed by atoms with E-state index in [4.69, 9.17) is 0 Å². The molecule has 2 N–H and O–H groups in total. The Balaban J connectivity index is 2.50. The molecule has 17 heavy (non-hydrogen) atoms. The van der Waals surface area contributed by atoms with Gasteiger partial charge in [-0.3, -0.25) is 4.99 Å². The molecule has 2 rings (SSSR count). The molecule has 1 aromatic rings. The van der Waals surface area contributed by atoms with E-state index < -0.39 is 6.10 Å². The summed E-state index contributed by atoms with van der Waals surface area (Å²) in [7, 11) is 0. The standard InChI is InChI=1S/C14H20N2O/c1-8-7-9(2)11(4)12(10(8)3)13(17)14-15-5-6-16-14/h7,13,17H,5-6H2,1-4H3,(H,15,16). The number of aryl methyl sites for hydroxylation is 2. The van der Waals surface area contributed by atoms with Gasteiger partial charge in [0.2, 0.25) is 0 Å². The highest BCUT2D eigenvalue weighted by Crippen LogP contribution is 2.28. The van der Waals surface area contributed by atoms with Crippen molar-refractivity contribution in [1.82, 2.24) is 5.32 Å². The molecule has 92 valence electrons. The van der Waals surface area contributed by atoms with Crippen molar-refractivity contribution >= 4 is 5.84 Å². The molecule has 1 unspecified atom stereocenters. The van der Waals surface area contributed by atoms with Crippen LogP contribution in [0, 0.1) is 27.7 Å². The van der Waals surface area contributed by atoms with Gasteiger partial charge in [0.05, 0.1) is 6.54 Å². The maximum atomic E-state index is 10.4. The number of aliphatic hydroxyl groups is 1. The van der Waals surface area contributed by atoms with Crippen LogP contribution in [0.3, 0.4) is 0 Å². The third-order valence-corrected chi connectivity index (χ3v) is 3.66. The second-order valence-corrected chi connectivity index (χ2v) is 4.77. The summed E-state index contributed by atoms with van der Waals surface area (Å²) in [5.74, 6) is 0.709. The van der Waals surface area contributed by atoms with Crippen LogP contribution in [0.15, 0.2) is 11.1 Å². The molecule has 0 aliphatic carbocycles. The quantitative estimate of drug-likeness (QED) is 0.818. The molecule has 1 aliphatic heterocycles. The third-order valence-electron chi connectivity index (χ3n) is 3.66. The summed E-state index contributed by atoms with van der Waals surface area (Å²) >= 11 is 0. The molecule has 0 aromatic heterocycles. The number of hydrogen-bond donors (Lipinski definition) is 2. The summed E-state index contributed by atoms with van der Waals surface area (Å²) in [5, 5.41) is 13.6. The van der Waals surface area contributed by atoms with Gasteiger partial charge in [0, 0.05) is 6.54 Å². The van der Waals surface area contributed by atoms with E-state index in [0.29, 0.717) is 5.84 Å². The molecule has 0 spiro atoms. The Morgan fingerprint density at radius 1 is 1.18 bits per heavy atom. The normalized spacial score (nSPS) is 16.6. The SMILES string of the molecule is Cc1cc(C)c(C)c(C(O)C2=NCCN2)c1C. The monoisotopic (exact) mass is 232 g/mol. The van der Waals surface area contributed by atoms with Crippen LogP contribution in [0.4, 0.5) is 0 Å². The summed E-state index contributed by atoms with van der Waals surface area (Å²) in [5.41, 5.74) is 5.78. The van der Waals surface area contributed by atoms with Crippen molar-refractivity contribution in [2.45, 2.75) is 33.8 Å². The molecule has 1 aromatic carbocycles. The largest absolute Gasteiger partial charge is 0.380 e. The third kappa shape index (κ3) is 2.07. The zero-order valence-corrected chi connectivity index (χ0v) is 11.0. The van der Waals surface area contributed by atoms with Crippen LogP contribution < -0.4 is 5.32 Å². The Morgan fingerprint density at radius 2 is 1.76 bits per heavy atom. The van der Waals surface area contributed by atoms with E-state index in [1.807, 2.05) is 0 Å². The van der Waals surface area contributed by atoms with Crippen LogP contribution >= 0.6 is 0 Å². The molecule has 0 amide bonds. The number of benzene rings is 1. The number of nitrogens with one attached hydrogen (secondary N) is 1. The summed E-state index contributed by atoms with van der Waals surface area (Å²) in [6, 6.07) is 2.17. The fraction of sp³-hybridized carbons (Fsp3) is 0.500. The lowest BCUT2D eigenvalue weighted by Gasteiger charge is -2.20. The fourth-order valence-corrected chi connectivity index (χ4v) is 2.39. The predicted molar refractivity (Wildman–Crippen MR) is 70.7 cm³/mol. The van der Waals surface area contributed by atoms with Crippen LogP contribution in [0.5, 0.6) is 0 Å². The molecule has 0 bridgehead atoms. The Hall–Kier alpha value is -1.35. The Morgan fingerprint density at radius 3 is 2.24 bits per heavy atom. The zero-order valence-electron chi connectivity index (χ0n) is 11.0. The number of amidine groups is 1. The van der Waals surface area contributed by atoms with Gasteiger partial charge in [-0.1, -0.05) is 6.07 Å². The van der Waals surface area contributed by atoms with Gasteiger partial charge in [-0.2, -0.15) is 0 Å². The molecule has 0 fully saturated rings. The van der Waals surface area contributed by atoms with Crippen LogP contribution in [0.2, 0.25) is 0 Å².